The van der Waals surface area contributed by atoms with Gasteiger partial charge in [-0.2, -0.15) is 0 Å². The van der Waals surface area contributed by atoms with Crippen molar-refractivity contribution in [3.63, 3.8) is 0 Å². The molecule has 6 N–H and O–H groups in total. The minimum absolute atomic E-state index is 0.0288. The number of hydrogen-bond donors (Lipinski definition) is 6. The van der Waals surface area contributed by atoms with Gasteiger partial charge in [0, 0.05) is 62.4 Å². The maximum atomic E-state index is 12.8. The zero-order chi connectivity index (χ0) is 31.2. The van der Waals surface area contributed by atoms with Crippen LogP contribution in [0.4, 0.5) is 0 Å². The van der Waals surface area contributed by atoms with Crippen LogP contribution in [0.25, 0.3) is 30.4 Å². The van der Waals surface area contributed by atoms with E-state index in [1.54, 1.807) is 13.0 Å². The quantitative estimate of drug-likeness (QED) is 0.156. The van der Waals surface area contributed by atoms with Crippen molar-refractivity contribution in [1.29, 1.82) is 0 Å². The van der Waals surface area contributed by atoms with E-state index in [9.17, 15) is 24.6 Å². The highest BCUT2D eigenvalue weighted by molar-refractivity contribution is 5.99. The Morgan fingerprint density at radius 2 is 1.16 bits per heavy atom. The predicted octanol–water partition coefficient (Wildman–Crippen LogP) is 2.74. The number of aromatic nitrogens is 4. The Kier molecular flexibility index (Phi) is 7.75. The molecule has 0 radical (unpaired) electrons. The Bertz CT molecular complexity index is 2080. The zero-order valence-electron chi connectivity index (χ0n) is 25.0. The van der Waals surface area contributed by atoms with Gasteiger partial charge in [-0.15, -0.1) is 0 Å². The number of carbonyl (C=O) groups is 3. The summed E-state index contributed by atoms with van der Waals surface area (Å²) in [4.78, 5) is 49.8. The molecule has 5 rings (SSSR count). The molecule has 0 aliphatic carbocycles. The van der Waals surface area contributed by atoms with Crippen molar-refractivity contribution >= 4 is 48.1 Å². The van der Waals surface area contributed by atoms with Gasteiger partial charge in [-0.25, -0.2) is 0 Å². The van der Waals surface area contributed by atoms with E-state index < -0.39 is 11.9 Å². The number of carboxylic acid groups (broad SMARTS) is 2. The van der Waals surface area contributed by atoms with Crippen LogP contribution in [0.2, 0.25) is 0 Å². The summed E-state index contributed by atoms with van der Waals surface area (Å²) in [6.45, 7) is 13.4. The molecule has 0 atom stereocenters. The molecule has 1 aliphatic heterocycles. The Morgan fingerprint density at radius 1 is 0.651 bits per heavy atom. The molecule has 4 aromatic heterocycles. The Balaban J connectivity index is 1.93. The minimum Gasteiger partial charge on any atom is -0.481 e. The average Bonchev–Trinajstić information content (AvgIpc) is 3.59. The number of rotatable bonds is 8. The second-order valence-corrected chi connectivity index (χ2v) is 11.2. The van der Waals surface area contributed by atoms with Crippen LogP contribution in [0.1, 0.15) is 91.8 Å². The van der Waals surface area contributed by atoms with Crippen molar-refractivity contribution in [1.82, 2.24) is 19.9 Å². The molecule has 0 fully saturated rings. The van der Waals surface area contributed by atoms with Crippen molar-refractivity contribution in [3.8, 4) is 0 Å². The first-order valence-electron chi connectivity index (χ1n) is 14.2. The molecule has 222 valence electrons. The minimum atomic E-state index is -0.893. The molecule has 9 heteroatoms. The number of aliphatic carboxylic acids is 2. The fourth-order valence-electron chi connectivity index (χ4n) is 6.10. The number of aromatic amines is 4. The molecule has 4 aromatic rings. The fraction of sp³-hybridized carbons (Fsp3) is 0.265. The largest absolute Gasteiger partial charge is 0.481 e. The van der Waals surface area contributed by atoms with E-state index in [2.05, 4.69) is 26.5 Å². The lowest BCUT2D eigenvalue weighted by Crippen LogP contribution is -2.14. The number of ketones is 1. The Morgan fingerprint density at radius 3 is 1.79 bits per heavy atom. The lowest BCUT2D eigenvalue weighted by atomic mass is 10.0. The van der Waals surface area contributed by atoms with Gasteiger partial charge < -0.3 is 30.1 Å². The van der Waals surface area contributed by atoms with Gasteiger partial charge in [0.1, 0.15) is 0 Å². The summed E-state index contributed by atoms with van der Waals surface area (Å²) in [6.07, 6.45) is 10.2. The monoisotopic (exact) mass is 580 g/mol. The van der Waals surface area contributed by atoms with E-state index in [-0.39, 0.29) is 18.6 Å². The number of fused-ring (bicyclic) bond motifs is 8. The molecule has 0 saturated heterocycles. The van der Waals surface area contributed by atoms with Gasteiger partial charge in [0.2, 0.25) is 0 Å². The van der Waals surface area contributed by atoms with Crippen LogP contribution in [0.15, 0.2) is 6.58 Å². The van der Waals surface area contributed by atoms with Crippen molar-refractivity contribution in [2.75, 3.05) is 0 Å². The second kappa shape index (κ2) is 11.3. The Hall–Kier alpha value is -5.05. The van der Waals surface area contributed by atoms with Gasteiger partial charge in [-0.3, -0.25) is 14.4 Å². The van der Waals surface area contributed by atoms with Crippen LogP contribution in [-0.2, 0) is 22.4 Å². The van der Waals surface area contributed by atoms with E-state index in [0.29, 0.717) is 24.1 Å². The highest BCUT2D eigenvalue weighted by atomic mass is 16.4. The third-order valence-electron chi connectivity index (χ3n) is 8.48. The molecule has 0 aromatic carbocycles. The summed E-state index contributed by atoms with van der Waals surface area (Å²) < 4.78 is 0. The lowest BCUT2D eigenvalue weighted by molar-refractivity contribution is -0.138. The first-order valence-corrected chi connectivity index (χ1v) is 14.2. The maximum absolute atomic E-state index is 12.8. The first kappa shape index (κ1) is 29.4. The van der Waals surface area contributed by atoms with Gasteiger partial charge in [0.15, 0.2) is 5.78 Å². The van der Waals surface area contributed by atoms with E-state index >= 15 is 0 Å². The smallest absolute Gasteiger partial charge is 0.303 e. The molecule has 43 heavy (non-hydrogen) atoms. The summed E-state index contributed by atoms with van der Waals surface area (Å²) in [5.41, 5.74) is 9.92. The number of carboxylic acids is 2. The molecule has 0 unspecified atom stereocenters. The van der Waals surface area contributed by atoms with E-state index in [1.807, 2.05) is 52.0 Å². The molecule has 8 bridgehead atoms. The van der Waals surface area contributed by atoms with Gasteiger partial charge in [0.05, 0.1) is 5.69 Å². The van der Waals surface area contributed by atoms with Crippen molar-refractivity contribution in [2.45, 2.75) is 60.3 Å². The summed E-state index contributed by atoms with van der Waals surface area (Å²) in [5, 5.41) is 22.1. The van der Waals surface area contributed by atoms with Crippen LogP contribution in [0, 0.1) is 27.7 Å². The standard InChI is InChI=1S/C34H36N4O5/c1-7-21-16(2)26-14-31-34(20(6)39)19(5)27(38-31)12-24-17(3)22(8-10-32(40)41)29(36-24)15-30-23(9-11-33(42)43)18(4)25(37-30)13-28(21)35-26/h7,12-15,35-38H,1,8-11H2,2-6H3,(H,40,41)(H,42,43). The summed E-state index contributed by atoms with van der Waals surface area (Å²) in [6, 6.07) is 0. The van der Waals surface area contributed by atoms with Crippen LogP contribution >= 0.6 is 0 Å². The maximum Gasteiger partial charge on any atom is 0.303 e. The third-order valence-corrected chi connectivity index (χ3v) is 8.48. The molecular formula is C34H36N4O5. The average molecular weight is 581 g/mol. The van der Waals surface area contributed by atoms with E-state index in [0.717, 1.165) is 77.4 Å². The normalized spacial score (nSPS) is 12.1. The fourth-order valence-corrected chi connectivity index (χ4v) is 6.10. The molecular weight excluding hydrogens is 544 g/mol. The summed E-state index contributed by atoms with van der Waals surface area (Å²) in [7, 11) is 0. The number of nitrogens with one attached hydrogen (secondary N) is 4. The van der Waals surface area contributed by atoms with Crippen LogP contribution in [-0.4, -0.2) is 47.9 Å². The summed E-state index contributed by atoms with van der Waals surface area (Å²) in [5.74, 6) is -1.83. The highest BCUT2D eigenvalue weighted by Gasteiger charge is 2.19. The SMILES string of the molecule is C=Cc1c(C)c2[nH]c1=Cc1[nH]c(c(CCC(=O)O)c1C)C=c1[nH]c(c(C)c1CCC(=O)O)=Cc1[nH]c(c(C(C)=O)c1C)C=2. The van der Waals surface area contributed by atoms with Gasteiger partial charge in [0.25, 0.3) is 0 Å². The Labute approximate surface area is 248 Å². The van der Waals surface area contributed by atoms with Crippen LogP contribution in [0.5, 0.6) is 0 Å². The lowest BCUT2D eigenvalue weighted by Gasteiger charge is -2.01. The molecule has 0 spiro atoms. The number of Topliss-reactive ketones (excluding diaryl/α,β-unsaturated/α-hetero) is 1. The number of carbonyl (C=O) groups excluding carboxylic acids is 1. The molecule has 0 saturated carbocycles. The van der Waals surface area contributed by atoms with Gasteiger partial charge >= 0.3 is 11.9 Å². The highest BCUT2D eigenvalue weighted by Crippen LogP contribution is 2.23. The number of H-pyrrole nitrogens is 4. The first-order chi connectivity index (χ1) is 20.4. The van der Waals surface area contributed by atoms with Crippen molar-refractivity contribution in [3.05, 3.63) is 95.3 Å². The second-order valence-electron chi connectivity index (χ2n) is 11.2. The molecule has 1 aliphatic rings. The topological polar surface area (TPSA) is 155 Å². The van der Waals surface area contributed by atoms with Crippen molar-refractivity contribution in [2.24, 2.45) is 0 Å². The van der Waals surface area contributed by atoms with Gasteiger partial charge in [-0.05, 0) is 105 Å². The predicted molar refractivity (Wildman–Crippen MR) is 167 cm³/mol. The van der Waals surface area contributed by atoms with E-state index in [4.69, 9.17) is 0 Å². The number of hydrogen-bond acceptors (Lipinski definition) is 3. The van der Waals surface area contributed by atoms with E-state index in [1.165, 1.54) is 0 Å². The van der Waals surface area contributed by atoms with Crippen molar-refractivity contribution < 1.29 is 24.6 Å². The van der Waals surface area contributed by atoms with Crippen LogP contribution < -0.4 is 21.4 Å². The van der Waals surface area contributed by atoms with Gasteiger partial charge in [-0.1, -0.05) is 12.7 Å². The molecule has 5 heterocycles. The summed E-state index contributed by atoms with van der Waals surface area (Å²) >= 11 is 0. The molecule has 9 nitrogen and oxygen atoms in total. The van der Waals surface area contributed by atoms with Crippen LogP contribution in [0.3, 0.4) is 0 Å². The zero-order valence-corrected chi connectivity index (χ0v) is 25.0. The third kappa shape index (κ3) is 5.46. The molecule has 0 amide bonds.